The van der Waals surface area contributed by atoms with Crippen molar-refractivity contribution in [2.45, 2.75) is 32.2 Å². The molecule has 4 aromatic rings. The Bertz CT molecular complexity index is 1780. The molecule has 0 saturated carbocycles. The molecule has 0 spiro atoms. The molecule has 14 heteroatoms. The lowest BCUT2D eigenvalue weighted by molar-refractivity contribution is -0.136. The second kappa shape index (κ2) is 15.3. The molecule has 47 heavy (non-hydrogen) atoms. The van der Waals surface area contributed by atoms with Gasteiger partial charge in [-0.3, -0.25) is 19.1 Å². The van der Waals surface area contributed by atoms with Crippen molar-refractivity contribution >= 4 is 46.7 Å². The second-order valence-electron chi connectivity index (χ2n) is 10.6. The van der Waals surface area contributed by atoms with Gasteiger partial charge >= 0.3 is 5.97 Å². The standard InChI is InChI=1S/C33H30Cl2F2N4O6/c34-24-6-2-8-28(31(24)37)46-13-3-9-29(42)41-12-4-14-47-32-22(5-1-7-27(32)41)21-17-39-40(18-21)19-23-25(35)15-20(16-26(23)36)33(45)38-11-10-30(43)44/h1-2,5-8,15-18H,3-4,9-14,19H2,(H,38,45)(H,43,44). The molecule has 246 valence electrons. The Morgan fingerprint density at radius 1 is 1.06 bits per heavy atom. The van der Waals surface area contributed by atoms with Gasteiger partial charge in [0.1, 0.15) is 5.82 Å². The van der Waals surface area contributed by atoms with E-state index in [0.717, 1.165) is 6.07 Å². The summed E-state index contributed by atoms with van der Waals surface area (Å²) in [6.45, 7) is 0.825. The number of aromatic nitrogens is 2. The molecule has 0 unspecified atom stereocenters. The van der Waals surface area contributed by atoms with Crippen LogP contribution in [0.4, 0.5) is 14.5 Å². The molecular formula is C33H30Cl2F2N4O6. The summed E-state index contributed by atoms with van der Waals surface area (Å²) >= 11 is 12.1. The molecule has 0 bridgehead atoms. The zero-order valence-corrected chi connectivity index (χ0v) is 26.5. The number of ether oxygens (including phenoxy) is 2. The lowest BCUT2D eigenvalue weighted by Crippen LogP contribution is -2.31. The SMILES string of the molecule is O=C(O)CCNC(=O)c1cc(F)c(Cn2cc(-c3cccc4c3OCCCN4C(=O)CCCOc3cccc(Cl)c3F)cn2)c(Cl)c1. The molecule has 0 saturated heterocycles. The molecule has 3 aromatic carbocycles. The second-order valence-corrected chi connectivity index (χ2v) is 11.5. The monoisotopic (exact) mass is 686 g/mol. The quantitative estimate of drug-likeness (QED) is 0.166. The fraction of sp³-hybridized carbons (Fsp3) is 0.273. The molecule has 2 heterocycles. The normalized spacial score (nSPS) is 12.6. The molecule has 1 aromatic heterocycles. The van der Waals surface area contributed by atoms with Gasteiger partial charge < -0.3 is 24.8 Å². The first-order chi connectivity index (χ1) is 22.6. The number of carbonyl (C=O) groups is 3. The van der Waals surface area contributed by atoms with Gasteiger partial charge in [0.2, 0.25) is 5.91 Å². The fourth-order valence-corrected chi connectivity index (χ4v) is 5.48. The average molecular weight is 688 g/mol. The van der Waals surface area contributed by atoms with Crippen LogP contribution in [0.15, 0.2) is 60.9 Å². The minimum Gasteiger partial charge on any atom is -0.491 e. The van der Waals surface area contributed by atoms with Gasteiger partial charge in [0.05, 0.1) is 43.1 Å². The number of benzene rings is 3. The predicted molar refractivity (Wildman–Crippen MR) is 171 cm³/mol. The van der Waals surface area contributed by atoms with Crippen molar-refractivity contribution in [3.63, 3.8) is 0 Å². The highest BCUT2D eigenvalue weighted by atomic mass is 35.5. The van der Waals surface area contributed by atoms with Crippen LogP contribution in [0.1, 0.15) is 41.6 Å². The highest BCUT2D eigenvalue weighted by Gasteiger charge is 2.25. The maximum atomic E-state index is 15.1. The third kappa shape index (κ3) is 8.19. The number of para-hydroxylation sites is 1. The van der Waals surface area contributed by atoms with Crippen LogP contribution in [0.2, 0.25) is 10.0 Å². The molecule has 1 aliphatic heterocycles. The summed E-state index contributed by atoms with van der Waals surface area (Å²) in [6.07, 6.45) is 4.16. The number of hydrogen-bond donors (Lipinski definition) is 2. The third-order valence-electron chi connectivity index (χ3n) is 7.36. The van der Waals surface area contributed by atoms with Crippen molar-refractivity contribution in [1.82, 2.24) is 15.1 Å². The van der Waals surface area contributed by atoms with Crippen molar-refractivity contribution in [2.75, 3.05) is 31.2 Å². The van der Waals surface area contributed by atoms with Crippen LogP contribution >= 0.6 is 23.2 Å². The Hall–Kier alpha value is -4.68. The van der Waals surface area contributed by atoms with Crippen LogP contribution in [0.5, 0.6) is 11.5 Å². The Balaban J connectivity index is 1.27. The molecule has 0 aliphatic carbocycles. The molecule has 10 nitrogen and oxygen atoms in total. The zero-order chi connectivity index (χ0) is 33.5. The molecule has 5 rings (SSSR count). The largest absolute Gasteiger partial charge is 0.491 e. The minimum absolute atomic E-state index is 0.0135. The van der Waals surface area contributed by atoms with Crippen LogP contribution in [0, 0.1) is 11.6 Å². The van der Waals surface area contributed by atoms with E-state index in [-0.39, 0.29) is 65.4 Å². The van der Waals surface area contributed by atoms with E-state index >= 15 is 4.39 Å². The number of halogens is 4. The molecule has 0 radical (unpaired) electrons. The minimum atomic E-state index is -1.07. The van der Waals surface area contributed by atoms with Crippen molar-refractivity contribution in [3.05, 3.63) is 93.7 Å². The molecule has 0 atom stereocenters. The first-order valence-electron chi connectivity index (χ1n) is 14.8. The van der Waals surface area contributed by atoms with Gasteiger partial charge in [-0.15, -0.1) is 0 Å². The van der Waals surface area contributed by atoms with E-state index in [0.29, 0.717) is 48.6 Å². The number of hydrogen-bond acceptors (Lipinski definition) is 6. The molecule has 2 N–H and O–H groups in total. The van der Waals surface area contributed by atoms with E-state index in [9.17, 15) is 18.8 Å². The molecule has 1 aliphatic rings. The summed E-state index contributed by atoms with van der Waals surface area (Å²) in [5, 5.41) is 15.5. The Morgan fingerprint density at radius 2 is 1.87 bits per heavy atom. The first-order valence-corrected chi connectivity index (χ1v) is 15.5. The van der Waals surface area contributed by atoms with Gasteiger partial charge in [-0.2, -0.15) is 5.10 Å². The van der Waals surface area contributed by atoms with Crippen LogP contribution in [-0.2, 0) is 16.1 Å². The number of nitrogens with zero attached hydrogens (tertiary/aromatic N) is 3. The van der Waals surface area contributed by atoms with Gasteiger partial charge in [-0.1, -0.05) is 41.4 Å². The highest BCUT2D eigenvalue weighted by molar-refractivity contribution is 6.31. The number of rotatable bonds is 12. The summed E-state index contributed by atoms with van der Waals surface area (Å²) in [7, 11) is 0. The Morgan fingerprint density at radius 3 is 2.66 bits per heavy atom. The highest BCUT2D eigenvalue weighted by Crippen LogP contribution is 2.40. The van der Waals surface area contributed by atoms with Crippen LogP contribution in [0.3, 0.4) is 0 Å². The van der Waals surface area contributed by atoms with E-state index in [2.05, 4.69) is 10.4 Å². The van der Waals surface area contributed by atoms with Gasteiger partial charge in [-0.25, -0.2) is 8.78 Å². The summed E-state index contributed by atoms with van der Waals surface area (Å²) in [5.74, 6) is -2.66. The maximum Gasteiger partial charge on any atom is 0.305 e. The number of anilines is 1. The topological polar surface area (TPSA) is 123 Å². The number of fused-ring (bicyclic) bond motifs is 1. The van der Waals surface area contributed by atoms with Crippen molar-refractivity contribution in [2.24, 2.45) is 0 Å². The summed E-state index contributed by atoms with van der Waals surface area (Å²) in [4.78, 5) is 38.0. The molecule has 0 fully saturated rings. The number of carboxylic acids is 1. The van der Waals surface area contributed by atoms with Crippen LogP contribution < -0.4 is 19.7 Å². The van der Waals surface area contributed by atoms with E-state index < -0.39 is 23.5 Å². The summed E-state index contributed by atoms with van der Waals surface area (Å²) in [5.41, 5.74) is 2.04. The Labute approximate surface area is 278 Å². The van der Waals surface area contributed by atoms with E-state index in [1.54, 1.807) is 29.4 Å². The van der Waals surface area contributed by atoms with Crippen molar-refractivity contribution in [1.29, 1.82) is 0 Å². The lowest BCUT2D eigenvalue weighted by Gasteiger charge is -2.23. The van der Waals surface area contributed by atoms with Gasteiger partial charge in [0.25, 0.3) is 5.91 Å². The maximum absolute atomic E-state index is 15.1. The fourth-order valence-electron chi connectivity index (χ4n) is 5.05. The summed E-state index contributed by atoms with van der Waals surface area (Å²) < 4.78 is 42.3. The number of carboxylic acid groups (broad SMARTS) is 1. The lowest BCUT2D eigenvalue weighted by atomic mass is 10.1. The number of carbonyl (C=O) groups excluding carboxylic acids is 2. The van der Waals surface area contributed by atoms with E-state index in [1.165, 1.54) is 22.9 Å². The van der Waals surface area contributed by atoms with E-state index in [4.69, 9.17) is 37.8 Å². The van der Waals surface area contributed by atoms with Crippen molar-refractivity contribution in [3.8, 4) is 22.6 Å². The van der Waals surface area contributed by atoms with Gasteiger partial charge in [0, 0.05) is 53.0 Å². The van der Waals surface area contributed by atoms with Crippen LogP contribution in [-0.4, -0.2) is 59.0 Å². The zero-order valence-electron chi connectivity index (χ0n) is 25.0. The smallest absolute Gasteiger partial charge is 0.305 e. The number of amides is 2. The van der Waals surface area contributed by atoms with Gasteiger partial charge in [0.15, 0.2) is 17.3 Å². The molecule has 2 amide bonds. The first kappa shape index (κ1) is 33.7. The van der Waals surface area contributed by atoms with Crippen molar-refractivity contribution < 1.29 is 37.7 Å². The third-order valence-corrected chi connectivity index (χ3v) is 7.99. The van der Waals surface area contributed by atoms with Crippen LogP contribution in [0.25, 0.3) is 11.1 Å². The van der Waals surface area contributed by atoms with Gasteiger partial charge in [-0.05, 0) is 43.2 Å². The summed E-state index contributed by atoms with van der Waals surface area (Å²) in [6, 6.07) is 12.3. The average Bonchev–Trinajstić information content (AvgIpc) is 3.39. The van der Waals surface area contributed by atoms with E-state index in [1.807, 2.05) is 12.1 Å². The predicted octanol–water partition coefficient (Wildman–Crippen LogP) is 6.36. The number of aliphatic carboxylic acids is 1. The molecular weight excluding hydrogens is 657 g/mol. The Kier molecular flexibility index (Phi) is 10.9. The number of nitrogens with one attached hydrogen (secondary N) is 1.